The van der Waals surface area contributed by atoms with Crippen LogP contribution in [0.1, 0.15) is 35.4 Å². The first kappa shape index (κ1) is 21.4. The average molecular weight is 470 g/mol. The van der Waals surface area contributed by atoms with Crippen molar-refractivity contribution in [3.63, 3.8) is 0 Å². The van der Waals surface area contributed by atoms with Crippen molar-refractivity contribution in [2.75, 3.05) is 31.5 Å². The molecule has 2 aliphatic heterocycles. The van der Waals surface area contributed by atoms with Gasteiger partial charge in [-0.1, -0.05) is 0 Å². The third-order valence-corrected chi connectivity index (χ3v) is 10.2. The lowest BCUT2D eigenvalue weighted by Gasteiger charge is -2.16. The molecular formula is C19H23N3O5S3. The number of sulfonamides is 2. The Morgan fingerprint density at radius 2 is 1.33 bits per heavy atom. The normalized spacial score (nSPS) is 18.7. The molecule has 1 aromatic heterocycles. The summed E-state index contributed by atoms with van der Waals surface area (Å²) in [5.74, 6) is -0.530. The molecule has 1 amide bonds. The monoisotopic (exact) mass is 469 g/mol. The largest absolute Gasteiger partial charge is 0.321 e. The Kier molecular flexibility index (Phi) is 5.99. The highest BCUT2D eigenvalue weighted by molar-refractivity contribution is 7.89. The zero-order chi connectivity index (χ0) is 21.4. The molecule has 1 N–H and O–H groups in total. The molecule has 2 aromatic rings. The lowest BCUT2D eigenvalue weighted by Crippen LogP contribution is -2.29. The molecule has 2 aliphatic rings. The maximum absolute atomic E-state index is 12.8. The van der Waals surface area contributed by atoms with Gasteiger partial charge in [0.1, 0.15) is 9.77 Å². The number of amides is 1. The van der Waals surface area contributed by atoms with E-state index in [1.54, 1.807) is 5.38 Å². The first-order chi connectivity index (χ1) is 14.3. The van der Waals surface area contributed by atoms with Gasteiger partial charge in [-0.2, -0.15) is 8.61 Å². The molecular weight excluding hydrogens is 446 g/mol. The van der Waals surface area contributed by atoms with Crippen LogP contribution in [0, 0.1) is 0 Å². The molecule has 11 heteroatoms. The molecule has 0 bridgehead atoms. The van der Waals surface area contributed by atoms with E-state index in [9.17, 15) is 21.6 Å². The fourth-order valence-corrected chi connectivity index (χ4v) is 8.04. The van der Waals surface area contributed by atoms with Gasteiger partial charge in [0.15, 0.2) is 0 Å². The third kappa shape index (κ3) is 4.04. The van der Waals surface area contributed by atoms with Gasteiger partial charge in [0.2, 0.25) is 20.0 Å². The lowest BCUT2D eigenvalue weighted by atomic mass is 10.3. The highest BCUT2D eigenvalue weighted by Crippen LogP contribution is 2.29. The summed E-state index contributed by atoms with van der Waals surface area (Å²) >= 11 is 1.07. The summed E-state index contributed by atoms with van der Waals surface area (Å²) in [5.41, 5.74) is 0.401. The molecule has 1 aromatic carbocycles. The number of thiophene rings is 1. The maximum Gasteiger partial charge on any atom is 0.267 e. The molecule has 30 heavy (non-hydrogen) atoms. The summed E-state index contributed by atoms with van der Waals surface area (Å²) in [7, 11) is -7.23. The Balaban J connectivity index is 1.51. The predicted octanol–water partition coefficient (Wildman–Crippen LogP) is 2.57. The zero-order valence-electron chi connectivity index (χ0n) is 16.3. The van der Waals surface area contributed by atoms with Gasteiger partial charge >= 0.3 is 0 Å². The minimum absolute atomic E-state index is 0.0140. The van der Waals surface area contributed by atoms with Crippen LogP contribution in [0.4, 0.5) is 5.69 Å². The fraction of sp³-hybridized carbons (Fsp3) is 0.421. The molecule has 0 atom stereocenters. The lowest BCUT2D eigenvalue weighted by molar-refractivity contribution is 0.102. The van der Waals surface area contributed by atoms with Crippen molar-refractivity contribution in [2.45, 2.75) is 35.5 Å². The Morgan fingerprint density at radius 1 is 0.800 bits per heavy atom. The summed E-state index contributed by atoms with van der Waals surface area (Å²) in [6.07, 6.45) is 3.35. The third-order valence-electron chi connectivity index (χ3n) is 5.33. The molecule has 0 saturated carbocycles. The number of benzene rings is 1. The molecule has 2 saturated heterocycles. The number of hydrogen-bond acceptors (Lipinski definition) is 6. The van der Waals surface area contributed by atoms with E-state index in [0.717, 1.165) is 37.0 Å². The van der Waals surface area contributed by atoms with Gasteiger partial charge in [-0.25, -0.2) is 16.8 Å². The van der Waals surface area contributed by atoms with Crippen molar-refractivity contribution in [3.05, 3.63) is 40.6 Å². The van der Waals surface area contributed by atoms with Gasteiger partial charge in [0.05, 0.1) is 4.90 Å². The number of carbonyl (C=O) groups excluding carboxylic acids is 1. The van der Waals surface area contributed by atoms with Crippen LogP contribution in [0.15, 0.2) is 45.5 Å². The summed E-state index contributed by atoms with van der Waals surface area (Å²) in [4.78, 5) is 13.1. The number of nitrogens with zero attached hydrogens (tertiary/aromatic N) is 2. The second-order valence-electron chi connectivity index (χ2n) is 7.31. The van der Waals surface area contributed by atoms with Gasteiger partial charge in [0, 0.05) is 31.9 Å². The quantitative estimate of drug-likeness (QED) is 0.700. The summed E-state index contributed by atoms with van der Waals surface area (Å²) in [6.45, 7) is 1.97. The van der Waals surface area contributed by atoms with E-state index >= 15 is 0 Å². The van der Waals surface area contributed by atoms with Crippen molar-refractivity contribution < 1.29 is 21.6 Å². The van der Waals surface area contributed by atoms with Crippen LogP contribution in [-0.2, 0) is 20.0 Å². The van der Waals surface area contributed by atoms with E-state index in [-0.39, 0.29) is 14.7 Å². The van der Waals surface area contributed by atoms with E-state index in [1.807, 2.05) is 0 Å². The molecule has 0 spiro atoms. The summed E-state index contributed by atoms with van der Waals surface area (Å²) in [5, 5.41) is 4.26. The number of anilines is 1. The van der Waals surface area contributed by atoms with Crippen LogP contribution in [-0.4, -0.2) is 57.5 Å². The van der Waals surface area contributed by atoms with Crippen LogP contribution >= 0.6 is 11.3 Å². The number of nitrogens with one attached hydrogen (secondary N) is 1. The summed E-state index contributed by atoms with van der Waals surface area (Å²) in [6, 6.07) is 7.41. The molecule has 4 rings (SSSR count). The molecule has 3 heterocycles. The second-order valence-corrected chi connectivity index (χ2v) is 12.1. The molecule has 0 unspecified atom stereocenters. The van der Waals surface area contributed by atoms with Crippen molar-refractivity contribution in [1.82, 2.24) is 8.61 Å². The Hall–Kier alpha value is -1.79. The van der Waals surface area contributed by atoms with E-state index < -0.39 is 26.0 Å². The van der Waals surface area contributed by atoms with Crippen molar-refractivity contribution in [3.8, 4) is 0 Å². The van der Waals surface area contributed by atoms with Crippen molar-refractivity contribution in [2.24, 2.45) is 0 Å². The molecule has 162 valence electrons. The minimum atomic E-state index is -3.70. The molecule has 0 radical (unpaired) electrons. The minimum Gasteiger partial charge on any atom is -0.321 e. The van der Waals surface area contributed by atoms with Gasteiger partial charge in [-0.05, 0) is 61.4 Å². The van der Waals surface area contributed by atoms with Crippen LogP contribution in [0.5, 0.6) is 0 Å². The van der Waals surface area contributed by atoms with Crippen LogP contribution in [0.25, 0.3) is 0 Å². The van der Waals surface area contributed by atoms with Crippen molar-refractivity contribution >= 4 is 43.0 Å². The second kappa shape index (κ2) is 8.39. The first-order valence-electron chi connectivity index (χ1n) is 9.79. The standard InChI is InChI=1S/C19H23N3O5S3/c23-19(18-17(9-14-28-18)30(26,27)22-12-3-4-13-22)20-15-5-7-16(8-6-15)29(24,25)21-10-1-2-11-21/h5-9,14H,1-4,10-13H2,(H,20,23). The van der Waals surface area contributed by atoms with Crippen LogP contribution in [0.3, 0.4) is 0 Å². The van der Waals surface area contributed by atoms with E-state index in [1.165, 1.54) is 38.9 Å². The first-order valence-corrected chi connectivity index (χ1v) is 13.6. The number of hydrogen-bond donors (Lipinski definition) is 1. The number of rotatable bonds is 6. The zero-order valence-corrected chi connectivity index (χ0v) is 18.7. The fourth-order valence-electron chi connectivity index (χ4n) is 3.71. The highest BCUT2D eigenvalue weighted by atomic mass is 32.2. The molecule has 0 aliphatic carbocycles. The Morgan fingerprint density at radius 3 is 1.90 bits per heavy atom. The topological polar surface area (TPSA) is 104 Å². The van der Waals surface area contributed by atoms with Gasteiger partial charge in [-0.3, -0.25) is 4.79 Å². The van der Waals surface area contributed by atoms with Gasteiger partial charge in [-0.15, -0.1) is 11.3 Å². The van der Waals surface area contributed by atoms with Gasteiger partial charge in [0.25, 0.3) is 5.91 Å². The average Bonchev–Trinajstić information content (AvgIpc) is 3.51. The molecule has 8 nitrogen and oxygen atoms in total. The molecule has 2 fully saturated rings. The smallest absolute Gasteiger partial charge is 0.267 e. The van der Waals surface area contributed by atoms with E-state index in [0.29, 0.717) is 31.9 Å². The highest BCUT2D eigenvalue weighted by Gasteiger charge is 2.32. The number of carbonyl (C=O) groups is 1. The Bertz CT molecular complexity index is 1130. The maximum atomic E-state index is 12.8. The summed E-state index contributed by atoms with van der Waals surface area (Å²) < 4.78 is 53.7. The van der Waals surface area contributed by atoms with Crippen molar-refractivity contribution in [1.29, 1.82) is 0 Å². The predicted molar refractivity (Wildman–Crippen MR) is 115 cm³/mol. The van der Waals surface area contributed by atoms with Crippen LogP contribution < -0.4 is 5.32 Å². The SMILES string of the molecule is O=C(Nc1ccc(S(=O)(=O)N2CCCC2)cc1)c1sccc1S(=O)(=O)N1CCCC1. The van der Waals surface area contributed by atoms with E-state index in [2.05, 4.69) is 5.32 Å². The van der Waals surface area contributed by atoms with E-state index in [4.69, 9.17) is 0 Å². The Labute approximate surface area is 180 Å². The van der Waals surface area contributed by atoms with Gasteiger partial charge < -0.3 is 5.32 Å². The van der Waals surface area contributed by atoms with Crippen LogP contribution in [0.2, 0.25) is 0 Å².